The molecule has 1 aromatic rings. The number of hydrogen-bond acceptors (Lipinski definition) is 3. The van der Waals surface area contributed by atoms with E-state index in [1.54, 1.807) is 0 Å². The minimum Gasteiger partial charge on any atom is -0.365 e. The Balaban J connectivity index is 1.75. The van der Waals surface area contributed by atoms with E-state index in [1.165, 1.54) is 11.1 Å². The molecule has 4 aliphatic rings. The summed E-state index contributed by atoms with van der Waals surface area (Å²) in [5.74, 6) is 0.150. The number of allylic oxidation sites excluding steroid dienone is 2. The Bertz CT molecular complexity index is 705. The quantitative estimate of drug-likeness (QED) is 0.735. The highest BCUT2D eigenvalue weighted by Gasteiger charge is 2.66. The summed E-state index contributed by atoms with van der Waals surface area (Å²) >= 11 is 0. The van der Waals surface area contributed by atoms with Gasteiger partial charge in [0.25, 0.3) is 0 Å². The molecule has 2 saturated heterocycles. The highest BCUT2D eigenvalue weighted by molar-refractivity contribution is 7.93. The monoisotopic (exact) mass is 286 g/mol. The van der Waals surface area contributed by atoms with E-state index < -0.39 is 20.3 Å². The standard InChI is InChI=1S/C16H14O3S/c17-20(18)11-7-3-4-8-12(20)14-13(11)15-9-5-1-2-6-10(9)16(14)19-15/h1-8,11-16H/t11-,12-,13-,14-,15-,16+/m0/s1. The maximum absolute atomic E-state index is 12.7. The predicted molar refractivity (Wildman–Crippen MR) is 74.8 cm³/mol. The molecule has 4 heteroatoms. The van der Waals surface area contributed by atoms with Crippen molar-refractivity contribution in [3.63, 3.8) is 0 Å². The van der Waals surface area contributed by atoms with Gasteiger partial charge in [0.05, 0.1) is 22.7 Å². The second-order valence-electron chi connectivity index (χ2n) is 6.05. The van der Waals surface area contributed by atoms with Gasteiger partial charge in [0.2, 0.25) is 0 Å². The molecule has 0 aliphatic carbocycles. The molecule has 0 saturated carbocycles. The topological polar surface area (TPSA) is 43.4 Å². The lowest BCUT2D eigenvalue weighted by atomic mass is 9.72. The van der Waals surface area contributed by atoms with Gasteiger partial charge in [0, 0.05) is 11.8 Å². The lowest BCUT2D eigenvalue weighted by Gasteiger charge is -2.26. The van der Waals surface area contributed by atoms with E-state index in [4.69, 9.17) is 4.74 Å². The van der Waals surface area contributed by atoms with Crippen LogP contribution in [0.15, 0.2) is 48.6 Å². The van der Waals surface area contributed by atoms with E-state index in [2.05, 4.69) is 12.1 Å². The van der Waals surface area contributed by atoms with Crippen LogP contribution in [0.1, 0.15) is 23.3 Å². The minimum atomic E-state index is -3.12. The normalized spacial score (nSPS) is 45.2. The molecule has 2 fully saturated rings. The predicted octanol–water partition coefficient (Wildman–Crippen LogP) is 2.34. The van der Waals surface area contributed by atoms with Gasteiger partial charge in [0.15, 0.2) is 9.84 Å². The van der Waals surface area contributed by atoms with Gasteiger partial charge in [-0.3, -0.25) is 0 Å². The molecule has 0 unspecified atom stereocenters. The molecule has 5 rings (SSSR count). The van der Waals surface area contributed by atoms with Crippen molar-refractivity contribution >= 4 is 9.84 Å². The summed E-state index contributed by atoms with van der Waals surface area (Å²) in [6.45, 7) is 0. The third kappa shape index (κ3) is 1.10. The Kier molecular flexibility index (Phi) is 1.94. The number of ether oxygens (including phenoxy) is 1. The first-order valence-corrected chi connectivity index (χ1v) is 8.62. The molecule has 1 aromatic carbocycles. The van der Waals surface area contributed by atoms with Crippen LogP contribution in [0.2, 0.25) is 0 Å². The molecule has 0 aromatic heterocycles. The van der Waals surface area contributed by atoms with Crippen LogP contribution in [0.4, 0.5) is 0 Å². The fourth-order valence-electron chi connectivity index (χ4n) is 4.56. The van der Waals surface area contributed by atoms with Crippen molar-refractivity contribution in [1.29, 1.82) is 0 Å². The number of hydrogen-bond donors (Lipinski definition) is 0. The molecule has 0 spiro atoms. The molecular weight excluding hydrogens is 272 g/mol. The average molecular weight is 286 g/mol. The maximum Gasteiger partial charge on any atom is 0.163 e. The zero-order chi connectivity index (χ0) is 13.5. The Morgan fingerprint density at radius 2 is 1.35 bits per heavy atom. The van der Waals surface area contributed by atoms with E-state index in [9.17, 15) is 8.42 Å². The summed E-state index contributed by atoms with van der Waals surface area (Å²) in [5.41, 5.74) is 2.38. The minimum absolute atomic E-state index is 0.0536. The third-order valence-corrected chi connectivity index (χ3v) is 7.74. The molecule has 0 amide bonds. The van der Waals surface area contributed by atoms with Crippen LogP contribution >= 0.6 is 0 Å². The van der Waals surface area contributed by atoms with Gasteiger partial charge in [-0.2, -0.15) is 0 Å². The maximum atomic E-state index is 12.7. The summed E-state index contributed by atoms with van der Waals surface area (Å²) in [6, 6.07) is 8.18. The van der Waals surface area contributed by atoms with Crippen LogP contribution < -0.4 is 0 Å². The second kappa shape index (κ2) is 3.43. The Hall–Kier alpha value is -1.39. The molecular formula is C16H14O3S. The molecule has 3 nitrogen and oxygen atoms in total. The molecule has 102 valence electrons. The van der Waals surface area contributed by atoms with Crippen molar-refractivity contribution < 1.29 is 13.2 Å². The number of rotatable bonds is 0. The van der Waals surface area contributed by atoms with Crippen LogP contribution in [0.5, 0.6) is 0 Å². The van der Waals surface area contributed by atoms with Crippen molar-refractivity contribution in [3.05, 3.63) is 59.7 Å². The molecule has 0 N–H and O–H groups in total. The van der Waals surface area contributed by atoms with Crippen molar-refractivity contribution in [2.24, 2.45) is 11.8 Å². The summed E-state index contributed by atoms with van der Waals surface area (Å²) in [4.78, 5) is 0. The summed E-state index contributed by atoms with van der Waals surface area (Å²) in [5, 5.41) is -0.785. The van der Waals surface area contributed by atoms with Crippen LogP contribution in [0.3, 0.4) is 0 Å². The van der Waals surface area contributed by atoms with E-state index in [0.717, 1.165) is 0 Å². The average Bonchev–Trinajstić information content (AvgIpc) is 2.97. The Labute approximate surface area is 117 Å². The van der Waals surface area contributed by atoms with Crippen LogP contribution in [-0.2, 0) is 14.6 Å². The zero-order valence-electron chi connectivity index (χ0n) is 10.7. The fourth-order valence-corrected chi connectivity index (χ4v) is 7.07. The van der Waals surface area contributed by atoms with Crippen molar-refractivity contribution in [2.45, 2.75) is 22.7 Å². The zero-order valence-corrected chi connectivity index (χ0v) is 11.5. The third-order valence-electron chi connectivity index (χ3n) is 5.28. The molecule has 4 heterocycles. The van der Waals surface area contributed by atoms with Gasteiger partial charge in [0.1, 0.15) is 0 Å². The highest BCUT2D eigenvalue weighted by Crippen LogP contribution is 2.64. The van der Waals surface area contributed by atoms with E-state index in [1.807, 2.05) is 36.4 Å². The van der Waals surface area contributed by atoms with Crippen molar-refractivity contribution in [2.75, 3.05) is 0 Å². The van der Waals surface area contributed by atoms with Gasteiger partial charge in [-0.1, -0.05) is 48.6 Å². The van der Waals surface area contributed by atoms with Gasteiger partial charge in [-0.25, -0.2) is 8.42 Å². The number of fused-ring (bicyclic) bond motifs is 12. The van der Waals surface area contributed by atoms with Crippen LogP contribution in [0, 0.1) is 11.8 Å². The molecule has 4 bridgehead atoms. The van der Waals surface area contributed by atoms with Gasteiger partial charge >= 0.3 is 0 Å². The number of benzene rings is 1. The summed E-state index contributed by atoms with van der Waals surface area (Å²) < 4.78 is 31.6. The fraction of sp³-hybridized carbons (Fsp3) is 0.375. The van der Waals surface area contributed by atoms with Gasteiger partial charge in [-0.15, -0.1) is 0 Å². The SMILES string of the molecule is O=S1(=O)[C@H]2C=CC=C[C@H]1[C@H]1[C@H]2[C@@H]2O[C@H]1c1ccccc12. The molecule has 20 heavy (non-hydrogen) atoms. The van der Waals surface area contributed by atoms with E-state index in [0.29, 0.717) is 0 Å². The van der Waals surface area contributed by atoms with Crippen LogP contribution in [-0.4, -0.2) is 18.9 Å². The Morgan fingerprint density at radius 3 is 1.85 bits per heavy atom. The Morgan fingerprint density at radius 1 is 0.850 bits per heavy atom. The molecule has 6 atom stereocenters. The smallest absolute Gasteiger partial charge is 0.163 e. The van der Waals surface area contributed by atoms with Crippen molar-refractivity contribution in [3.8, 4) is 0 Å². The summed E-state index contributed by atoms with van der Waals surface area (Å²) in [6.07, 6.45) is 7.34. The van der Waals surface area contributed by atoms with E-state index in [-0.39, 0.29) is 24.0 Å². The lowest BCUT2D eigenvalue weighted by molar-refractivity contribution is 0.0533. The van der Waals surface area contributed by atoms with Gasteiger partial charge < -0.3 is 4.74 Å². The van der Waals surface area contributed by atoms with Crippen molar-refractivity contribution in [1.82, 2.24) is 0 Å². The van der Waals surface area contributed by atoms with Crippen LogP contribution in [0.25, 0.3) is 0 Å². The van der Waals surface area contributed by atoms with E-state index >= 15 is 0 Å². The van der Waals surface area contributed by atoms with Gasteiger partial charge in [-0.05, 0) is 11.1 Å². The number of sulfone groups is 1. The first kappa shape index (κ1) is 11.3. The summed E-state index contributed by atoms with van der Waals surface area (Å²) in [7, 11) is -3.12. The lowest BCUT2D eigenvalue weighted by Crippen LogP contribution is -2.26. The first-order valence-electron chi connectivity index (χ1n) is 7.01. The second-order valence-corrected chi connectivity index (χ2v) is 8.32. The molecule has 0 radical (unpaired) electrons. The highest BCUT2D eigenvalue weighted by atomic mass is 32.2. The largest absolute Gasteiger partial charge is 0.365 e. The first-order chi connectivity index (χ1) is 9.69. The molecule has 4 aliphatic heterocycles.